The first kappa shape index (κ1) is 21.9. The van der Waals surface area contributed by atoms with Crippen molar-refractivity contribution in [3.05, 3.63) is 95.1 Å². The maximum Gasteiger partial charge on any atom is 0.416 e. The molecular weight excluding hydrogens is 417 g/mol. The van der Waals surface area contributed by atoms with Crippen molar-refractivity contribution in [3.63, 3.8) is 0 Å². The molecule has 0 saturated heterocycles. The number of amides is 1. The van der Waals surface area contributed by atoms with Gasteiger partial charge in [0.25, 0.3) is 0 Å². The van der Waals surface area contributed by atoms with Crippen LogP contribution in [-0.2, 0) is 28.7 Å². The van der Waals surface area contributed by atoms with Gasteiger partial charge in [0.15, 0.2) is 6.23 Å². The van der Waals surface area contributed by atoms with Crippen LogP contribution in [0.2, 0.25) is 0 Å². The number of carbonyl (C=O) groups is 1. The third-order valence-electron chi connectivity index (χ3n) is 5.63. The molecule has 0 bridgehead atoms. The van der Waals surface area contributed by atoms with Gasteiger partial charge < -0.3 is 9.64 Å². The second-order valence-electron chi connectivity index (χ2n) is 7.80. The molecule has 1 amide bonds. The van der Waals surface area contributed by atoms with E-state index in [0.29, 0.717) is 24.2 Å². The average Bonchev–Trinajstić information content (AvgIpc) is 2.78. The molecule has 1 aliphatic heterocycles. The largest absolute Gasteiger partial charge is 0.416 e. The van der Waals surface area contributed by atoms with E-state index in [1.807, 2.05) is 60.5 Å². The molecule has 0 aliphatic carbocycles. The quantitative estimate of drug-likeness (QED) is 0.520. The lowest BCUT2D eigenvalue weighted by molar-refractivity contribution is -0.137. The maximum absolute atomic E-state index is 13.0. The van der Waals surface area contributed by atoms with Crippen LogP contribution in [0.4, 0.5) is 24.5 Å². The number of nitrogens with zero attached hydrogens (tertiary/aromatic N) is 2. The highest BCUT2D eigenvalue weighted by atomic mass is 19.4. The van der Waals surface area contributed by atoms with E-state index in [0.717, 1.165) is 28.9 Å². The summed E-state index contributed by atoms with van der Waals surface area (Å²) in [5.74, 6) is -0.0550. The van der Waals surface area contributed by atoms with Crippen molar-refractivity contribution >= 4 is 17.3 Å². The van der Waals surface area contributed by atoms with Gasteiger partial charge in [0.1, 0.15) is 0 Å². The molecule has 1 atom stereocenters. The summed E-state index contributed by atoms with van der Waals surface area (Å²) in [6, 6.07) is 20.4. The van der Waals surface area contributed by atoms with Gasteiger partial charge in [-0.2, -0.15) is 13.2 Å². The number of fused-ring (bicyclic) bond motifs is 1. The maximum atomic E-state index is 13.0. The Kier molecular flexibility index (Phi) is 5.93. The van der Waals surface area contributed by atoms with E-state index >= 15 is 0 Å². The fourth-order valence-corrected chi connectivity index (χ4v) is 4.04. The number of ether oxygens (including phenoxy) is 1. The number of alkyl halides is 3. The Morgan fingerprint density at radius 2 is 1.75 bits per heavy atom. The first-order valence-electron chi connectivity index (χ1n) is 10.2. The monoisotopic (exact) mass is 440 g/mol. The normalized spacial score (nSPS) is 16.1. The molecule has 0 radical (unpaired) electrons. The molecule has 7 heteroatoms. The molecule has 1 aliphatic rings. The standard InChI is InChI=1S/C25H23F3N2O2/c1-29(16-17-6-5-8-19(14-17)25(26,27)28)20-10-12-21(13-11-20)30-23(31)15-18-7-3-4-9-22(18)24(30)32-2/h3-14,24H,15-16H2,1-2H3. The van der Waals surface area contributed by atoms with Crippen LogP contribution in [-0.4, -0.2) is 20.1 Å². The van der Waals surface area contributed by atoms with Gasteiger partial charge in [-0.05, 0) is 47.5 Å². The minimum Gasteiger partial charge on any atom is -0.370 e. The van der Waals surface area contributed by atoms with Crippen molar-refractivity contribution in [1.29, 1.82) is 0 Å². The Morgan fingerprint density at radius 3 is 2.44 bits per heavy atom. The third-order valence-corrected chi connectivity index (χ3v) is 5.63. The molecule has 1 unspecified atom stereocenters. The molecule has 0 fully saturated rings. The summed E-state index contributed by atoms with van der Waals surface area (Å²) in [5, 5.41) is 0. The highest BCUT2D eigenvalue weighted by Crippen LogP contribution is 2.36. The van der Waals surface area contributed by atoms with Crippen LogP contribution in [0.3, 0.4) is 0 Å². The summed E-state index contributed by atoms with van der Waals surface area (Å²) < 4.78 is 44.6. The topological polar surface area (TPSA) is 32.8 Å². The summed E-state index contributed by atoms with van der Waals surface area (Å²) in [6.07, 6.45) is -4.58. The SMILES string of the molecule is COC1c2ccccc2CC(=O)N1c1ccc(N(C)Cc2cccc(C(F)(F)F)c2)cc1. The Bertz CT molecular complexity index is 1110. The molecular formula is C25H23F3N2O2. The number of anilines is 2. The molecule has 166 valence electrons. The van der Waals surface area contributed by atoms with Gasteiger partial charge in [-0.3, -0.25) is 9.69 Å². The van der Waals surface area contributed by atoms with Gasteiger partial charge >= 0.3 is 6.18 Å². The molecule has 3 aromatic rings. The number of methoxy groups -OCH3 is 1. The number of halogens is 3. The van der Waals surface area contributed by atoms with Crippen LogP contribution in [0.15, 0.2) is 72.8 Å². The van der Waals surface area contributed by atoms with Crippen LogP contribution in [0.5, 0.6) is 0 Å². The zero-order valence-electron chi connectivity index (χ0n) is 17.8. The van der Waals surface area contributed by atoms with E-state index in [1.54, 1.807) is 18.1 Å². The fraction of sp³-hybridized carbons (Fsp3) is 0.240. The van der Waals surface area contributed by atoms with Crippen LogP contribution >= 0.6 is 0 Å². The highest BCUT2D eigenvalue weighted by Gasteiger charge is 2.33. The average molecular weight is 440 g/mol. The summed E-state index contributed by atoms with van der Waals surface area (Å²) in [5.41, 5.74) is 3.35. The molecule has 3 aromatic carbocycles. The van der Waals surface area contributed by atoms with Crippen molar-refractivity contribution in [2.75, 3.05) is 24.0 Å². The Morgan fingerprint density at radius 1 is 1.03 bits per heavy atom. The molecule has 4 rings (SSSR count). The summed E-state index contributed by atoms with van der Waals surface area (Å²) in [7, 11) is 3.39. The number of rotatable bonds is 5. The van der Waals surface area contributed by atoms with Crippen LogP contribution in [0, 0.1) is 0 Å². The van der Waals surface area contributed by atoms with E-state index in [4.69, 9.17) is 4.74 Å². The molecule has 32 heavy (non-hydrogen) atoms. The van der Waals surface area contributed by atoms with Crippen molar-refractivity contribution < 1.29 is 22.7 Å². The summed E-state index contributed by atoms with van der Waals surface area (Å²) in [6.45, 7) is 0.319. The summed E-state index contributed by atoms with van der Waals surface area (Å²) >= 11 is 0. The predicted molar refractivity (Wildman–Crippen MR) is 117 cm³/mol. The predicted octanol–water partition coefficient (Wildman–Crippen LogP) is 5.58. The minimum absolute atomic E-state index is 0.0550. The van der Waals surface area contributed by atoms with Gasteiger partial charge in [0.05, 0.1) is 12.0 Å². The lowest BCUT2D eigenvalue weighted by Gasteiger charge is -2.36. The number of hydrogen-bond acceptors (Lipinski definition) is 3. The summed E-state index contributed by atoms with van der Waals surface area (Å²) in [4.78, 5) is 16.3. The zero-order chi connectivity index (χ0) is 22.9. The van der Waals surface area contributed by atoms with Gasteiger partial charge in [0.2, 0.25) is 5.91 Å². The van der Waals surface area contributed by atoms with Crippen molar-refractivity contribution in [2.45, 2.75) is 25.4 Å². The van der Waals surface area contributed by atoms with E-state index in [1.165, 1.54) is 6.07 Å². The Labute approximate surface area is 184 Å². The highest BCUT2D eigenvalue weighted by molar-refractivity contribution is 5.97. The second-order valence-corrected chi connectivity index (χ2v) is 7.80. The Balaban J connectivity index is 1.54. The Hall–Kier alpha value is -3.32. The first-order chi connectivity index (χ1) is 15.3. The van der Waals surface area contributed by atoms with Gasteiger partial charge in [-0.1, -0.05) is 36.4 Å². The van der Waals surface area contributed by atoms with Crippen LogP contribution in [0.25, 0.3) is 0 Å². The smallest absolute Gasteiger partial charge is 0.370 e. The lowest BCUT2D eigenvalue weighted by Crippen LogP contribution is -2.41. The number of hydrogen-bond donors (Lipinski definition) is 0. The van der Waals surface area contributed by atoms with Gasteiger partial charge in [0, 0.05) is 37.6 Å². The second kappa shape index (κ2) is 8.67. The molecule has 0 saturated carbocycles. The van der Waals surface area contributed by atoms with Gasteiger partial charge in [-0.15, -0.1) is 0 Å². The van der Waals surface area contributed by atoms with E-state index in [2.05, 4.69) is 0 Å². The fourth-order valence-electron chi connectivity index (χ4n) is 4.04. The van der Waals surface area contributed by atoms with E-state index in [9.17, 15) is 18.0 Å². The zero-order valence-corrected chi connectivity index (χ0v) is 17.8. The third kappa shape index (κ3) is 4.34. The molecule has 0 aromatic heterocycles. The van der Waals surface area contributed by atoms with Gasteiger partial charge in [-0.25, -0.2) is 0 Å². The van der Waals surface area contributed by atoms with Crippen molar-refractivity contribution in [1.82, 2.24) is 0 Å². The van der Waals surface area contributed by atoms with Crippen LogP contribution < -0.4 is 9.80 Å². The molecule has 0 spiro atoms. The van der Waals surface area contributed by atoms with Crippen LogP contribution in [0.1, 0.15) is 28.5 Å². The van der Waals surface area contributed by atoms with E-state index < -0.39 is 18.0 Å². The number of carbonyl (C=O) groups excluding carboxylic acids is 1. The van der Waals surface area contributed by atoms with Crippen molar-refractivity contribution in [3.8, 4) is 0 Å². The number of benzene rings is 3. The van der Waals surface area contributed by atoms with Crippen molar-refractivity contribution in [2.24, 2.45) is 0 Å². The van der Waals surface area contributed by atoms with E-state index in [-0.39, 0.29) is 5.91 Å². The lowest BCUT2D eigenvalue weighted by atomic mass is 9.97. The first-order valence-corrected chi connectivity index (χ1v) is 10.2. The minimum atomic E-state index is -4.37. The molecule has 0 N–H and O–H groups in total. The molecule has 1 heterocycles. The molecule has 4 nitrogen and oxygen atoms in total.